The van der Waals surface area contributed by atoms with Gasteiger partial charge in [0.2, 0.25) is 11.8 Å². The van der Waals surface area contributed by atoms with Gasteiger partial charge in [-0.05, 0) is 30.9 Å². The Bertz CT molecular complexity index is 1280. The second kappa shape index (κ2) is 8.86. The number of nitrogens with zero attached hydrogens (tertiary/aromatic N) is 4. The van der Waals surface area contributed by atoms with Crippen LogP contribution in [0.3, 0.4) is 0 Å². The van der Waals surface area contributed by atoms with Crippen molar-refractivity contribution in [2.45, 2.75) is 56.1 Å². The third-order valence-corrected chi connectivity index (χ3v) is 7.69. The number of aliphatic hydroxyl groups is 1. The number of rotatable bonds is 4. The van der Waals surface area contributed by atoms with E-state index in [4.69, 9.17) is 0 Å². The fraction of sp³-hybridized carbons (Fsp3) is 0.500. The molecule has 0 bridgehead atoms. The molecule has 3 heterocycles. The summed E-state index contributed by atoms with van der Waals surface area (Å²) < 4.78 is 31.7. The molecule has 2 atom stereocenters. The number of fused-ring (bicyclic) bond motifs is 1. The van der Waals surface area contributed by atoms with Gasteiger partial charge in [-0.2, -0.15) is 0 Å². The third-order valence-electron chi connectivity index (χ3n) is 7.69. The van der Waals surface area contributed by atoms with E-state index in [0.717, 1.165) is 5.56 Å². The molecule has 2 aromatic heterocycles. The van der Waals surface area contributed by atoms with Crippen LogP contribution in [0.1, 0.15) is 43.6 Å². The number of benzene rings is 1. The van der Waals surface area contributed by atoms with E-state index in [9.17, 15) is 23.5 Å². The minimum atomic E-state index is -2.78. The van der Waals surface area contributed by atoms with Crippen LogP contribution in [0.15, 0.2) is 53.7 Å². The fourth-order valence-corrected chi connectivity index (χ4v) is 5.63. The van der Waals surface area contributed by atoms with Crippen molar-refractivity contribution in [3.05, 3.63) is 64.8 Å². The Morgan fingerprint density at radius 1 is 1.14 bits per heavy atom. The second-order valence-electron chi connectivity index (χ2n) is 10.1. The van der Waals surface area contributed by atoms with Crippen LogP contribution in [0.2, 0.25) is 0 Å². The summed E-state index contributed by atoms with van der Waals surface area (Å²) in [4.78, 5) is 32.3. The van der Waals surface area contributed by atoms with Crippen molar-refractivity contribution in [1.29, 1.82) is 0 Å². The molecule has 2 aliphatic rings. The molecular weight excluding hydrogens is 454 g/mol. The van der Waals surface area contributed by atoms with E-state index in [0.29, 0.717) is 37.0 Å². The molecule has 1 aliphatic carbocycles. The Hall–Kier alpha value is -3.07. The summed E-state index contributed by atoms with van der Waals surface area (Å²) >= 11 is 0. The van der Waals surface area contributed by atoms with Gasteiger partial charge in [0.25, 0.3) is 5.56 Å². The molecule has 1 saturated carbocycles. The number of aromatic nitrogens is 3. The molecule has 1 aliphatic heterocycles. The lowest BCUT2D eigenvalue weighted by Gasteiger charge is -2.42. The Balaban J connectivity index is 1.28. The van der Waals surface area contributed by atoms with Gasteiger partial charge >= 0.3 is 0 Å². The van der Waals surface area contributed by atoms with Crippen molar-refractivity contribution in [2.24, 2.45) is 13.0 Å². The highest BCUT2D eigenvalue weighted by Gasteiger charge is 2.46. The highest BCUT2D eigenvalue weighted by Crippen LogP contribution is 2.46. The van der Waals surface area contributed by atoms with E-state index in [2.05, 4.69) is 4.98 Å². The van der Waals surface area contributed by atoms with Gasteiger partial charge in [-0.15, -0.1) is 0 Å². The lowest BCUT2D eigenvalue weighted by molar-refractivity contribution is -0.145. The highest BCUT2D eigenvalue weighted by atomic mass is 19.3. The summed E-state index contributed by atoms with van der Waals surface area (Å²) in [7, 11) is 1.81. The molecule has 3 aromatic rings. The number of aryl methyl sites for hydroxylation is 1. The standard InChI is InChI=1S/C26H30F2N4O3/c1-30-12-8-20-22(30)29-17-32(24(20)34)16-25(35)10-13-31(14-11-25)23(33)19-7-9-26(27,28)15-21(19)18-5-3-2-4-6-18/h2-6,8,12,17,19,21,35H,7,9-11,13-16H2,1H3. The molecule has 9 heteroatoms. The number of halogens is 2. The van der Waals surface area contributed by atoms with Crippen LogP contribution in [0, 0.1) is 5.92 Å². The summed E-state index contributed by atoms with van der Waals surface area (Å²) in [5.41, 5.74) is -0.00799. The van der Waals surface area contributed by atoms with Gasteiger partial charge < -0.3 is 14.6 Å². The van der Waals surface area contributed by atoms with Gasteiger partial charge in [0.1, 0.15) is 12.0 Å². The van der Waals surface area contributed by atoms with E-state index in [1.807, 2.05) is 37.4 Å². The number of amides is 1. The molecule has 2 fully saturated rings. The first kappa shape index (κ1) is 23.7. The van der Waals surface area contributed by atoms with Crippen molar-refractivity contribution in [1.82, 2.24) is 19.0 Å². The summed E-state index contributed by atoms with van der Waals surface area (Å²) in [6.45, 7) is 0.729. The summed E-state index contributed by atoms with van der Waals surface area (Å²) in [5.74, 6) is -3.94. The molecule has 0 spiro atoms. The monoisotopic (exact) mass is 484 g/mol. The zero-order chi connectivity index (χ0) is 24.8. The number of likely N-dealkylation sites (tertiary alicyclic amines) is 1. The first-order chi connectivity index (χ1) is 16.7. The van der Waals surface area contributed by atoms with Crippen LogP contribution in [-0.2, 0) is 18.4 Å². The van der Waals surface area contributed by atoms with Crippen molar-refractivity contribution in [2.75, 3.05) is 13.1 Å². The van der Waals surface area contributed by atoms with Crippen molar-refractivity contribution in [3.8, 4) is 0 Å². The first-order valence-corrected chi connectivity index (χ1v) is 12.1. The second-order valence-corrected chi connectivity index (χ2v) is 10.1. The predicted octanol–water partition coefficient (Wildman–Crippen LogP) is 3.31. The van der Waals surface area contributed by atoms with Crippen molar-refractivity contribution >= 4 is 16.9 Å². The van der Waals surface area contributed by atoms with Gasteiger partial charge in [0.15, 0.2) is 0 Å². The minimum absolute atomic E-state index is 0.0913. The first-order valence-electron chi connectivity index (χ1n) is 12.1. The Morgan fingerprint density at radius 3 is 2.57 bits per heavy atom. The molecule has 35 heavy (non-hydrogen) atoms. The number of hydrogen-bond acceptors (Lipinski definition) is 4. The van der Waals surface area contributed by atoms with Crippen LogP contribution in [0.5, 0.6) is 0 Å². The van der Waals surface area contributed by atoms with Crippen LogP contribution < -0.4 is 5.56 Å². The van der Waals surface area contributed by atoms with Gasteiger partial charge in [-0.25, -0.2) is 13.8 Å². The molecular formula is C26H30F2N4O3. The highest BCUT2D eigenvalue weighted by molar-refractivity contribution is 5.80. The van der Waals surface area contributed by atoms with Crippen molar-refractivity contribution in [3.63, 3.8) is 0 Å². The quantitative estimate of drug-likeness (QED) is 0.616. The Kier molecular flexibility index (Phi) is 5.99. The minimum Gasteiger partial charge on any atom is -0.388 e. The smallest absolute Gasteiger partial charge is 0.262 e. The zero-order valence-corrected chi connectivity index (χ0v) is 19.7. The summed E-state index contributed by atoms with van der Waals surface area (Å²) in [6.07, 6.45) is 3.35. The molecule has 5 rings (SSSR count). The topological polar surface area (TPSA) is 80.4 Å². The molecule has 186 valence electrons. The average Bonchev–Trinajstić information content (AvgIpc) is 3.22. The van der Waals surface area contributed by atoms with Crippen molar-refractivity contribution < 1.29 is 18.7 Å². The molecule has 1 amide bonds. The van der Waals surface area contributed by atoms with E-state index in [1.54, 1.807) is 21.7 Å². The Labute approximate surface area is 202 Å². The molecule has 1 aromatic carbocycles. The van der Waals surface area contributed by atoms with Crippen LogP contribution in [0.4, 0.5) is 8.78 Å². The van der Waals surface area contributed by atoms with E-state index in [1.165, 1.54) is 10.9 Å². The maximum Gasteiger partial charge on any atom is 0.262 e. The SMILES string of the molecule is Cn1ccc2c(=O)n(CC3(O)CCN(C(=O)C4CCC(F)(F)CC4c4ccccc4)CC3)cnc21. The number of hydrogen-bond donors (Lipinski definition) is 1. The van der Waals surface area contributed by atoms with E-state index >= 15 is 0 Å². The lowest BCUT2D eigenvalue weighted by atomic mass is 9.73. The van der Waals surface area contributed by atoms with Crippen LogP contribution >= 0.6 is 0 Å². The molecule has 2 unspecified atom stereocenters. The maximum absolute atomic E-state index is 14.3. The normalized spacial score (nSPS) is 23.9. The van der Waals surface area contributed by atoms with Gasteiger partial charge in [-0.1, -0.05) is 30.3 Å². The predicted molar refractivity (Wildman–Crippen MR) is 127 cm³/mol. The summed E-state index contributed by atoms with van der Waals surface area (Å²) in [5, 5.41) is 11.7. The summed E-state index contributed by atoms with van der Waals surface area (Å²) in [6, 6.07) is 10.8. The molecule has 0 radical (unpaired) electrons. The lowest BCUT2D eigenvalue weighted by Crippen LogP contribution is -2.52. The zero-order valence-electron chi connectivity index (χ0n) is 19.7. The number of carbonyl (C=O) groups excluding carboxylic acids is 1. The molecule has 1 N–H and O–H groups in total. The maximum atomic E-state index is 14.3. The molecule has 7 nitrogen and oxygen atoms in total. The van der Waals surface area contributed by atoms with Crippen LogP contribution in [0.25, 0.3) is 11.0 Å². The average molecular weight is 485 g/mol. The third kappa shape index (κ3) is 4.61. The Morgan fingerprint density at radius 2 is 1.86 bits per heavy atom. The van der Waals surface area contributed by atoms with E-state index < -0.39 is 23.4 Å². The number of carbonyl (C=O) groups is 1. The largest absolute Gasteiger partial charge is 0.388 e. The van der Waals surface area contributed by atoms with E-state index in [-0.39, 0.29) is 37.3 Å². The number of piperidine rings is 1. The number of alkyl halides is 2. The van der Waals surface area contributed by atoms with Gasteiger partial charge in [0, 0.05) is 51.0 Å². The van der Waals surface area contributed by atoms with Gasteiger partial charge in [0.05, 0.1) is 17.5 Å². The fourth-order valence-electron chi connectivity index (χ4n) is 5.63. The van der Waals surface area contributed by atoms with Crippen LogP contribution in [-0.4, -0.2) is 54.6 Å². The molecule has 1 saturated heterocycles. The van der Waals surface area contributed by atoms with Gasteiger partial charge in [-0.3, -0.25) is 14.2 Å².